The maximum absolute atomic E-state index is 11.9. The van der Waals surface area contributed by atoms with Crippen LogP contribution in [-0.4, -0.2) is 12.2 Å². The smallest absolute Gasteiger partial charge is 0.347 e. The summed E-state index contributed by atoms with van der Waals surface area (Å²) in [4.78, 5) is 11.9. The predicted octanol–water partition coefficient (Wildman–Crippen LogP) is 2.04. The van der Waals surface area contributed by atoms with Crippen LogP contribution in [0.5, 0.6) is 5.75 Å². The SMILES string of the molecule is COc1c2ccoc2cc2cc(CO)oc(=O)c12. The molecule has 0 spiro atoms. The van der Waals surface area contributed by atoms with Crippen LogP contribution in [0.25, 0.3) is 21.7 Å². The molecule has 18 heavy (non-hydrogen) atoms. The second-order valence-corrected chi connectivity index (χ2v) is 3.86. The predicted molar refractivity (Wildman–Crippen MR) is 64.7 cm³/mol. The van der Waals surface area contributed by atoms with Crippen LogP contribution in [0, 0.1) is 0 Å². The zero-order valence-electron chi connectivity index (χ0n) is 9.60. The largest absolute Gasteiger partial charge is 0.495 e. The first-order valence-corrected chi connectivity index (χ1v) is 5.36. The number of aliphatic hydroxyl groups excluding tert-OH is 1. The number of benzene rings is 1. The normalized spacial score (nSPS) is 11.2. The molecule has 0 atom stereocenters. The molecule has 1 N–H and O–H groups in total. The van der Waals surface area contributed by atoms with E-state index in [0.29, 0.717) is 27.5 Å². The van der Waals surface area contributed by atoms with Gasteiger partial charge in [-0.2, -0.15) is 0 Å². The molecule has 2 aromatic heterocycles. The van der Waals surface area contributed by atoms with Crippen LogP contribution in [0.3, 0.4) is 0 Å². The second-order valence-electron chi connectivity index (χ2n) is 3.86. The van der Waals surface area contributed by atoms with E-state index in [2.05, 4.69) is 0 Å². The summed E-state index contributed by atoms with van der Waals surface area (Å²) in [6.45, 7) is -0.330. The lowest BCUT2D eigenvalue weighted by atomic mass is 10.1. The van der Waals surface area contributed by atoms with Gasteiger partial charge in [0.2, 0.25) is 0 Å². The van der Waals surface area contributed by atoms with Crippen molar-refractivity contribution >= 4 is 21.7 Å². The third-order valence-electron chi connectivity index (χ3n) is 2.85. The summed E-state index contributed by atoms with van der Waals surface area (Å²) in [6.07, 6.45) is 1.53. The quantitative estimate of drug-likeness (QED) is 0.749. The maximum Gasteiger partial charge on any atom is 0.347 e. The van der Waals surface area contributed by atoms with E-state index in [9.17, 15) is 4.79 Å². The summed E-state index contributed by atoms with van der Waals surface area (Å²) in [5.41, 5.74) is 0.0883. The molecule has 92 valence electrons. The fraction of sp³-hybridized carbons (Fsp3) is 0.154. The highest BCUT2D eigenvalue weighted by Crippen LogP contribution is 2.33. The van der Waals surface area contributed by atoms with Gasteiger partial charge in [-0.3, -0.25) is 0 Å². The van der Waals surface area contributed by atoms with Gasteiger partial charge in [-0.05, 0) is 23.6 Å². The number of aliphatic hydroxyl groups is 1. The van der Waals surface area contributed by atoms with Crippen LogP contribution in [0.15, 0.2) is 38.1 Å². The number of rotatable bonds is 2. The summed E-state index contributed by atoms with van der Waals surface area (Å²) in [6, 6.07) is 5.05. The van der Waals surface area contributed by atoms with Crippen molar-refractivity contribution in [2.75, 3.05) is 7.11 Å². The molecular weight excluding hydrogens is 236 g/mol. The third kappa shape index (κ3) is 1.41. The molecule has 2 heterocycles. The van der Waals surface area contributed by atoms with Crippen molar-refractivity contribution in [1.82, 2.24) is 0 Å². The Bertz CT molecular complexity index is 781. The van der Waals surface area contributed by atoms with E-state index in [1.165, 1.54) is 13.4 Å². The number of hydrogen-bond acceptors (Lipinski definition) is 5. The van der Waals surface area contributed by atoms with Crippen molar-refractivity contribution in [3.8, 4) is 5.75 Å². The molecule has 0 radical (unpaired) electrons. The average molecular weight is 246 g/mol. The molecule has 0 saturated carbocycles. The highest BCUT2D eigenvalue weighted by Gasteiger charge is 2.15. The first-order valence-electron chi connectivity index (χ1n) is 5.36. The van der Waals surface area contributed by atoms with Gasteiger partial charge in [0.1, 0.15) is 29.1 Å². The Morgan fingerprint density at radius 2 is 2.22 bits per heavy atom. The molecule has 0 aliphatic rings. The van der Waals surface area contributed by atoms with Crippen LogP contribution in [0.1, 0.15) is 5.76 Å². The molecule has 5 nitrogen and oxygen atoms in total. The van der Waals surface area contributed by atoms with Crippen molar-refractivity contribution in [3.63, 3.8) is 0 Å². The fourth-order valence-electron chi connectivity index (χ4n) is 2.09. The van der Waals surface area contributed by atoms with Crippen molar-refractivity contribution in [2.45, 2.75) is 6.61 Å². The molecule has 0 bridgehead atoms. The molecule has 5 heteroatoms. The zero-order valence-corrected chi connectivity index (χ0v) is 9.60. The lowest BCUT2D eigenvalue weighted by molar-refractivity contribution is 0.241. The van der Waals surface area contributed by atoms with E-state index in [1.807, 2.05) is 0 Å². The van der Waals surface area contributed by atoms with Crippen LogP contribution >= 0.6 is 0 Å². The van der Waals surface area contributed by atoms with Gasteiger partial charge in [-0.15, -0.1) is 0 Å². The van der Waals surface area contributed by atoms with Crippen LogP contribution in [0.4, 0.5) is 0 Å². The van der Waals surface area contributed by atoms with Gasteiger partial charge < -0.3 is 18.7 Å². The summed E-state index contributed by atoms with van der Waals surface area (Å²) in [5, 5.41) is 10.7. The van der Waals surface area contributed by atoms with Gasteiger partial charge >= 0.3 is 5.63 Å². The summed E-state index contributed by atoms with van der Waals surface area (Å²) < 4.78 is 15.6. The molecule has 0 aliphatic carbocycles. The molecule has 0 saturated heterocycles. The maximum atomic E-state index is 11.9. The molecule has 1 aromatic carbocycles. The lowest BCUT2D eigenvalue weighted by Crippen LogP contribution is -2.04. The highest BCUT2D eigenvalue weighted by atomic mass is 16.5. The lowest BCUT2D eigenvalue weighted by Gasteiger charge is -2.06. The topological polar surface area (TPSA) is 72.8 Å². The van der Waals surface area contributed by atoms with Gasteiger partial charge in [-0.25, -0.2) is 4.79 Å². The average Bonchev–Trinajstić information content (AvgIpc) is 2.83. The highest BCUT2D eigenvalue weighted by molar-refractivity contribution is 6.02. The minimum atomic E-state index is -0.531. The molecule has 0 unspecified atom stereocenters. The number of methoxy groups -OCH3 is 1. The van der Waals surface area contributed by atoms with Gasteiger partial charge in [0, 0.05) is 0 Å². The Kier molecular flexibility index (Phi) is 2.34. The summed E-state index contributed by atoms with van der Waals surface area (Å²) >= 11 is 0. The van der Waals surface area contributed by atoms with Crippen LogP contribution < -0.4 is 10.4 Å². The molecule has 3 aromatic rings. The van der Waals surface area contributed by atoms with Gasteiger partial charge in [0.05, 0.1) is 18.8 Å². The number of hydrogen-bond donors (Lipinski definition) is 1. The fourth-order valence-corrected chi connectivity index (χ4v) is 2.09. The Morgan fingerprint density at radius 1 is 1.39 bits per heavy atom. The van der Waals surface area contributed by atoms with Crippen LogP contribution in [-0.2, 0) is 6.61 Å². The Balaban J connectivity index is 2.55. The Morgan fingerprint density at radius 3 is 2.94 bits per heavy atom. The van der Waals surface area contributed by atoms with Crippen molar-refractivity contribution < 1.29 is 18.7 Å². The van der Waals surface area contributed by atoms with Gasteiger partial charge in [0.25, 0.3) is 0 Å². The first-order chi connectivity index (χ1) is 8.74. The van der Waals surface area contributed by atoms with E-state index >= 15 is 0 Å². The molecule has 0 fully saturated rings. The van der Waals surface area contributed by atoms with Gasteiger partial charge in [0.15, 0.2) is 0 Å². The standard InChI is InChI=1S/C13H10O5/c1-16-12-9-2-3-17-10(9)5-7-4-8(6-14)18-13(15)11(7)12/h2-5,14H,6H2,1H3. The zero-order chi connectivity index (χ0) is 12.7. The van der Waals surface area contributed by atoms with E-state index < -0.39 is 5.63 Å². The minimum absolute atomic E-state index is 0.209. The molecule has 3 rings (SSSR count). The minimum Gasteiger partial charge on any atom is -0.495 e. The number of furan rings is 1. The number of ether oxygens (including phenoxy) is 1. The van der Waals surface area contributed by atoms with Crippen LogP contribution in [0.2, 0.25) is 0 Å². The van der Waals surface area contributed by atoms with E-state index in [0.717, 1.165) is 0 Å². The second kappa shape index (κ2) is 3.89. The molecular formula is C13H10O5. The van der Waals surface area contributed by atoms with Crippen molar-refractivity contribution in [3.05, 3.63) is 40.6 Å². The Hall–Kier alpha value is -2.27. The van der Waals surface area contributed by atoms with Crippen molar-refractivity contribution in [2.24, 2.45) is 0 Å². The van der Waals surface area contributed by atoms with E-state index in [-0.39, 0.29) is 12.4 Å². The summed E-state index contributed by atoms with van der Waals surface area (Å²) in [7, 11) is 1.49. The first kappa shape index (κ1) is 10.9. The monoisotopic (exact) mass is 246 g/mol. The molecule has 0 aliphatic heterocycles. The number of fused-ring (bicyclic) bond motifs is 2. The molecule has 0 amide bonds. The van der Waals surface area contributed by atoms with E-state index in [1.54, 1.807) is 18.2 Å². The van der Waals surface area contributed by atoms with Crippen molar-refractivity contribution in [1.29, 1.82) is 0 Å². The third-order valence-corrected chi connectivity index (χ3v) is 2.85. The van der Waals surface area contributed by atoms with E-state index in [4.69, 9.17) is 18.7 Å². The summed E-state index contributed by atoms with van der Waals surface area (Å²) in [5.74, 6) is 0.634. The Labute approximate surface area is 101 Å². The van der Waals surface area contributed by atoms with Gasteiger partial charge in [-0.1, -0.05) is 0 Å².